The van der Waals surface area contributed by atoms with Gasteiger partial charge < -0.3 is 5.32 Å². The van der Waals surface area contributed by atoms with Crippen LogP contribution in [-0.2, 0) is 0 Å². The topological polar surface area (TPSA) is 12.0 Å². The molecule has 0 atom stereocenters. The summed E-state index contributed by atoms with van der Waals surface area (Å²) in [5.41, 5.74) is 2.68. The summed E-state index contributed by atoms with van der Waals surface area (Å²) in [7, 11) is 0. The molecule has 0 saturated heterocycles. The van der Waals surface area contributed by atoms with Gasteiger partial charge in [-0.05, 0) is 45.4 Å². The van der Waals surface area contributed by atoms with Gasteiger partial charge >= 0.3 is 0 Å². The Bertz CT molecular complexity index is 305. The van der Waals surface area contributed by atoms with Gasteiger partial charge in [-0.1, -0.05) is 36.5 Å². The Balaban J connectivity index is 2.95. The number of hydrogen-bond donors (Lipinski definition) is 1. The Morgan fingerprint density at radius 3 is 2.05 bits per heavy atom. The smallest absolute Gasteiger partial charge is 0.0286 e. The van der Waals surface area contributed by atoms with Crippen LogP contribution in [-0.4, -0.2) is 12.1 Å². The van der Waals surface area contributed by atoms with E-state index in [2.05, 4.69) is 38.9 Å². The Labute approximate surface area is 119 Å². The maximum atomic E-state index is 4.15. The van der Waals surface area contributed by atoms with Crippen molar-refractivity contribution in [2.24, 2.45) is 5.92 Å². The van der Waals surface area contributed by atoms with Crippen molar-refractivity contribution in [3.8, 4) is 0 Å². The fourth-order valence-electron chi connectivity index (χ4n) is 3.63. The summed E-state index contributed by atoms with van der Waals surface area (Å²) in [6.45, 7) is 17.3. The highest BCUT2D eigenvalue weighted by Gasteiger charge is 2.38. The van der Waals surface area contributed by atoms with Gasteiger partial charge in [0.25, 0.3) is 0 Å². The minimum absolute atomic E-state index is 0.145. The highest BCUT2D eigenvalue weighted by molar-refractivity contribution is 5.12. The predicted octanol–water partition coefficient (Wildman–Crippen LogP) is 5.01. The first-order valence-electron chi connectivity index (χ1n) is 7.65. The molecule has 1 N–H and O–H groups in total. The van der Waals surface area contributed by atoms with E-state index in [1.165, 1.54) is 43.3 Å². The second-order valence-electron chi connectivity index (χ2n) is 6.43. The number of rotatable bonds is 8. The maximum Gasteiger partial charge on any atom is 0.0286 e. The molecule has 1 fully saturated rings. The Morgan fingerprint density at radius 2 is 1.63 bits per heavy atom. The van der Waals surface area contributed by atoms with Gasteiger partial charge in [-0.3, -0.25) is 0 Å². The van der Waals surface area contributed by atoms with Crippen molar-refractivity contribution in [3.05, 3.63) is 37.0 Å². The lowest BCUT2D eigenvalue weighted by Gasteiger charge is -2.44. The molecule has 1 heteroatoms. The van der Waals surface area contributed by atoms with Crippen molar-refractivity contribution >= 4 is 0 Å². The van der Waals surface area contributed by atoms with E-state index in [1.54, 1.807) is 0 Å². The molecule has 1 rings (SSSR count). The van der Waals surface area contributed by atoms with Crippen LogP contribution in [0.4, 0.5) is 0 Å². The summed E-state index contributed by atoms with van der Waals surface area (Å²) in [5.74, 6) is 0.745. The second-order valence-corrected chi connectivity index (χ2v) is 6.43. The van der Waals surface area contributed by atoms with E-state index < -0.39 is 0 Å². The second kappa shape index (κ2) is 7.69. The fraction of sp³-hybridized carbons (Fsp3) is 0.667. The number of nitrogens with one attached hydrogen (secondary N) is 1. The summed E-state index contributed by atoms with van der Waals surface area (Å²) in [5, 5.41) is 3.78. The lowest BCUT2D eigenvalue weighted by atomic mass is 9.69. The van der Waals surface area contributed by atoms with Crippen LogP contribution in [0.5, 0.6) is 0 Å². The zero-order valence-corrected chi connectivity index (χ0v) is 12.9. The van der Waals surface area contributed by atoms with E-state index in [4.69, 9.17) is 0 Å². The molecule has 108 valence electrons. The molecule has 1 nitrogen and oxygen atoms in total. The first-order chi connectivity index (χ1) is 9.00. The standard InChI is InChI=1S/C18H31N/c1-6-12-19-18(13-15(2)3,14-16(4)5)17-10-8-7-9-11-17/h6,17,19H,1-2,4,7-14H2,3,5H3. The fourth-order valence-corrected chi connectivity index (χ4v) is 3.63. The van der Waals surface area contributed by atoms with Gasteiger partial charge in [0, 0.05) is 12.1 Å². The molecule has 1 saturated carbocycles. The summed E-state index contributed by atoms with van der Waals surface area (Å²) in [6.07, 6.45) is 10.9. The normalized spacial score (nSPS) is 17.2. The molecule has 0 amide bonds. The molecule has 0 aromatic heterocycles. The van der Waals surface area contributed by atoms with Crippen molar-refractivity contribution in [2.75, 3.05) is 6.54 Å². The van der Waals surface area contributed by atoms with Crippen LogP contribution in [0.25, 0.3) is 0 Å². The Morgan fingerprint density at radius 1 is 1.11 bits per heavy atom. The van der Waals surface area contributed by atoms with Gasteiger partial charge in [-0.15, -0.1) is 19.7 Å². The van der Waals surface area contributed by atoms with Crippen LogP contribution in [0.1, 0.15) is 58.8 Å². The molecular formula is C18H31N. The minimum Gasteiger partial charge on any atom is -0.307 e. The Hall–Kier alpha value is -0.820. The molecule has 0 radical (unpaired) electrons. The highest BCUT2D eigenvalue weighted by Crippen LogP contribution is 2.39. The summed E-state index contributed by atoms with van der Waals surface area (Å²) < 4.78 is 0. The molecule has 1 aliphatic carbocycles. The largest absolute Gasteiger partial charge is 0.307 e. The van der Waals surface area contributed by atoms with Crippen molar-refractivity contribution < 1.29 is 0 Å². The van der Waals surface area contributed by atoms with Crippen LogP contribution < -0.4 is 5.32 Å². The quantitative estimate of drug-likeness (QED) is 0.605. The van der Waals surface area contributed by atoms with Gasteiger partial charge in [0.15, 0.2) is 0 Å². The minimum atomic E-state index is 0.145. The van der Waals surface area contributed by atoms with Crippen LogP contribution in [0.3, 0.4) is 0 Å². The van der Waals surface area contributed by atoms with Gasteiger partial charge in [0.1, 0.15) is 0 Å². The predicted molar refractivity (Wildman–Crippen MR) is 86.4 cm³/mol. The van der Waals surface area contributed by atoms with E-state index in [0.717, 1.165) is 25.3 Å². The molecule has 0 heterocycles. The molecule has 0 aromatic carbocycles. The molecule has 0 aromatic rings. The van der Waals surface area contributed by atoms with E-state index in [0.29, 0.717) is 0 Å². The van der Waals surface area contributed by atoms with E-state index in [9.17, 15) is 0 Å². The zero-order chi connectivity index (χ0) is 14.3. The van der Waals surface area contributed by atoms with E-state index >= 15 is 0 Å². The SMILES string of the molecule is C=CCNC(CC(=C)C)(CC(=C)C)C1CCCCC1. The third kappa shape index (κ3) is 4.99. The molecule has 0 unspecified atom stereocenters. The van der Waals surface area contributed by atoms with E-state index in [-0.39, 0.29) is 5.54 Å². The van der Waals surface area contributed by atoms with Crippen molar-refractivity contribution in [1.82, 2.24) is 5.32 Å². The Kier molecular flexibility index (Phi) is 6.57. The van der Waals surface area contributed by atoms with Gasteiger partial charge in [0.2, 0.25) is 0 Å². The van der Waals surface area contributed by atoms with Crippen LogP contribution in [0.15, 0.2) is 37.0 Å². The average Bonchev–Trinajstić information content (AvgIpc) is 2.35. The number of hydrogen-bond acceptors (Lipinski definition) is 1. The maximum absolute atomic E-state index is 4.15. The lowest BCUT2D eigenvalue weighted by Crippen LogP contribution is -2.52. The van der Waals surface area contributed by atoms with Crippen molar-refractivity contribution in [2.45, 2.75) is 64.3 Å². The lowest BCUT2D eigenvalue weighted by molar-refractivity contribution is 0.161. The first kappa shape index (κ1) is 16.2. The van der Waals surface area contributed by atoms with Crippen molar-refractivity contribution in [3.63, 3.8) is 0 Å². The van der Waals surface area contributed by atoms with Gasteiger partial charge in [-0.25, -0.2) is 0 Å². The van der Waals surface area contributed by atoms with Gasteiger partial charge in [0.05, 0.1) is 0 Å². The van der Waals surface area contributed by atoms with Crippen LogP contribution in [0.2, 0.25) is 0 Å². The van der Waals surface area contributed by atoms with E-state index in [1.807, 2.05) is 6.08 Å². The van der Waals surface area contributed by atoms with Crippen molar-refractivity contribution in [1.29, 1.82) is 0 Å². The summed E-state index contributed by atoms with van der Waals surface area (Å²) in [6, 6.07) is 0. The van der Waals surface area contributed by atoms with Crippen LogP contribution >= 0.6 is 0 Å². The molecule has 19 heavy (non-hydrogen) atoms. The first-order valence-corrected chi connectivity index (χ1v) is 7.65. The monoisotopic (exact) mass is 261 g/mol. The average molecular weight is 261 g/mol. The summed E-state index contributed by atoms with van der Waals surface area (Å²) in [4.78, 5) is 0. The third-order valence-corrected chi connectivity index (χ3v) is 4.22. The summed E-state index contributed by atoms with van der Waals surface area (Å²) >= 11 is 0. The highest BCUT2D eigenvalue weighted by atomic mass is 15.0. The molecule has 0 spiro atoms. The molecule has 1 aliphatic rings. The van der Waals surface area contributed by atoms with Crippen LogP contribution in [0, 0.1) is 5.92 Å². The molecular weight excluding hydrogens is 230 g/mol. The third-order valence-electron chi connectivity index (χ3n) is 4.22. The zero-order valence-electron chi connectivity index (χ0n) is 12.9. The molecule has 0 bridgehead atoms. The molecule has 0 aliphatic heterocycles. The van der Waals surface area contributed by atoms with Gasteiger partial charge in [-0.2, -0.15) is 0 Å².